The maximum atomic E-state index is 13.5. The second-order valence-corrected chi connectivity index (χ2v) is 5.96. The minimum Gasteiger partial charge on any atom is -0.345 e. The van der Waals surface area contributed by atoms with E-state index in [2.05, 4.69) is 0 Å². The van der Waals surface area contributed by atoms with Gasteiger partial charge in [-0.05, 0) is 18.2 Å². The fourth-order valence-corrected chi connectivity index (χ4v) is 2.30. The van der Waals surface area contributed by atoms with Crippen molar-refractivity contribution >= 4 is 29.1 Å². The van der Waals surface area contributed by atoms with E-state index >= 15 is 0 Å². The first-order valence-electron chi connectivity index (χ1n) is 7.57. The van der Waals surface area contributed by atoms with Crippen molar-refractivity contribution in [1.29, 1.82) is 0 Å². The highest BCUT2D eigenvalue weighted by Gasteiger charge is 2.32. The quantitative estimate of drug-likeness (QED) is 0.553. The fraction of sp³-hybridized carbons (Fsp3) is 0.188. The van der Waals surface area contributed by atoms with Crippen molar-refractivity contribution in [3.8, 4) is 0 Å². The standard InChI is InChI=1S/C16H10ClF6N3O3/c17-8-3-7(16(21,22)23)5-26(15(8)29)6-12(28)24-4-11(27)25-10-2-1-9(18)13(19)14(10)20/h1-3,5H,4,6H2,(H,24,28)(H,25,27). The van der Waals surface area contributed by atoms with E-state index in [1.165, 1.54) is 0 Å². The third-order valence-electron chi connectivity index (χ3n) is 3.44. The maximum absolute atomic E-state index is 13.5. The summed E-state index contributed by atoms with van der Waals surface area (Å²) in [6.07, 6.45) is -4.44. The van der Waals surface area contributed by atoms with Crippen LogP contribution in [0.2, 0.25) is 5.02 Å². The molecule has 0 aliphatic carbocycles. The van der Waals surface area contributed by atoms with E-state index in [0.717, 1.165) is 6.07 Å². The van der Waals surface area contributed by atoms with Crippen LogP contribution in [0.4, 0.5) is 32.0 Å². The van der Waals surface area contributed by atoms with Crippen LogP contribution >= 0.6 is 11.6 Å². The molecule has 156 valence electrons. The van der Waals surface area contributed by atoms with Gasteiger partial charge in [0.05, 0.1) is 17.8 Å². The molecule has 0 spiro atoms. The summed E-state index contributed by atoms with van der Waals surface area (Å²) in [5.74, 6) is -7.03. The summed E-state index contributed by atoms with van der Waals surface area (Å²) < 4.78 is 78.0. The number of amides is 2. The van der Waals surface area contributed by atoms with Gasteiger partial charge in [-0.1, -0.05) is 11.6 Å². The molecule has 0 aliphatic heterocycles. The molecular formula is C16H10ClF6N3O3. The lowest BCUT2D eigenvalue weighted by atomic mass is 10.2. The summed E-state index contributed by atoms with van der Waals surface area (Å²) in [5.41, 5.74) is -3.02. The number of anilines is 1. The lowest BCUT2D eigenvalue weighted by Gasteiger charge is -2.12. The van der Waals surface area contributed by atoms with Crippen LogP contribution in [-0.4, -0.2) is 22.9 Å². The minimum absolute atomic E-state index is 0.379. The summed E-state index contributed by atoms with van der Waals surface area (Å²) in [6.45, 7) is -1.69. The van der Waals surface area contributed by atoms with Crippen LogP contribution in [0, 0.1) is 17.5 Å². The number of aromatic nitrogens is 1. The number of halogens is 7. The molecule has 0 unspecified atom stereocenters. The number of nitrogens with zero attached hydrogens (tertiary/aromatic N) is 1. The van der Waals surface area contributed by atoms with E-state index in [4.69, 9.17) is 11.6 Å². The molecule has 2 N–H and O–H groups in total. The smallest absolute Gasteiger partial charge is 0.345 e. The van der Waals surface area contributed by atoms with Gasteiger partial charge in [-0.25, -0.2) is 13.2 Å². The Morgan fingerprint density at radius 1 is 1.07 bits per heavy atom. The van der Waals surface area contributed by atoms with E-state index in [1.54, 1.807) is 0 Å². The van der Waals surface area contributed by atoms with Gasteiger partial charge in [0.2, 0.25) is 11.8 Å². The highest BCUT2D eigenvalue weighted by molar-refractivity contribution is 6.30. The predicted molar refractivity (Wildman–Crippen MR) is 88.7 cm³/mol. The summed E-state index contributed by atoms with van der Waals surface area (Å²) in [4.78, 5) is 35.2. The molecule has 0 atom stereocenters. The van der Waals surface area contributed by atoms with Crippen LogP contribution in [-0.2, 0) is 22.3 Å². The van der Waals surface area contributed by atoms with Crippen LogP contribution < -0.4 is 16.2 Å². The topological polar surface area (TPSA) is 80.2 Å². The second kappa shape index (κ2) is 8.55. The zero-order chi connectivity index (χ0) is 21.9. The second-order valence-electron chi connectivity index (χ2n) is 5.56. The van der Waals surface area contributed by atoms with Crippen LogP contribution in [0.25, 0.3) is 0 Å². The normalized spacial score (nSPS) is 11.3. The first kappa shape index (κ1) is 22.3. The van der Waals surface area contributed by atoms with E-state index in [1.807, 2.05) is 10.6 Å². The zero-order valence-corrected chi connectivity index (χ0v) is 14.8. The number of hydrogen-bond donors (Lipinski definition) is 2. The third-order valence-corrected chi connectivity index (χ3v) is 3.71. The Morgan fingerprint density at radius 3 is 2.34 bits per heavy atom. The molecule has 0 fully saturated rings. The van der Waals surface area contributed by atoms with Gasteiger partial charge in [0, 0.05) is 6.20 Å². The number of benzene rings is 1. The molecule has 0 bridgehead atoms. The number of nitrogens with one attached hydrogen (secondary N) is 2. The van der Waals surface area contributed by atoms with Crippen molar-refractivity contribution in [2.45, 2.75) is 12.7 Å². The first-order valence-corrected chi connectivity index (χ1v) is 7.95. The fourth-order valence-electron chi connectivity index (χ4n) is 2.08. The first-order chi connectivity index (χ1) is 13.4. The molecule has 0 aliphatic rings. The number of hydrogen-bond acceptors (Lipinski definition) is 3. The van der Waals surface area contributed by atoms with Gasteiger partial charge < -0.3 is 15.2 Å². The average Bonchev–Trinajstić information content (AvgIpc) is 2.63. The Hall–Kier alpha value is -3.02. The van der Waals surface area contributed by atoms with Gasteiger partial charge >= 0.3 is 6.18 Å². The molecule has 2 amide bonds. The molecule has 0 radical (unpaired) electrons. The average molecular weight is 442 g/mol. The van der Waals surface area contributed by atoms with Crippen LogP contribution in [0.15, 0.2) is 29.2 Å². The van der Waals surface area contributed by atoms with Gasteiger partial charge in [-0.2, -0.15) is 13.2 Å². The Balaban J connectivity index is 2.02. The van der Waals surface area contributed by atoms with Crippen molar-refractivity contribution in [2.24, 2.45) is 0 Å². The SMILES string of the molecule is O=C(Cn1cc(C(F)(F)F)cc(Cl)c1=O)NCC(=O)Nc1ccc(F)c(F)c1F. The third kappa shape index (κ3) is 5.50. The summed E-state index contributed by atoms with van der Waals surface area (Å²) in [6, 6.07) is 1.72. The molecule has 2 aromatic rings. The van der Waals surface area contributed by atoms with Crippen molar-refractivity contribution in [2.75, 3.05) is 11.9 Å². The van der Waals surface area contributed by atoms with E-state index < -0.39 is 70.4 Å². The Bertz CT molecular complexity index is 1020. The number of carbonyl (C=O) groups excluding carboxylic acids is 2. The van der Waals surface area contributed by atoms with Crippen LogP contribution in [0.5, 0.6) is 0 Å². The summed E-state index contributed by atoms with van der Waals surface area (Å²) in [7, 11) is 0. The van der Waals surface area contributed by atoms with Crippen molar-refractivity contribution in [1.82, 2.24) is 9.88 Å². The van der Waals surface area contributed by atoms with Gasteiger partial charge in [-0.3, -0.25) is 14.4 Å². The monoisotopic (exact) mass is 441 g/mol. The maximum Gasteiger partial charge on any atom is 0.417 e. The van der Waals surface area contributed by atoms with E-state index in [0.29, 0.717) is 22.9 Å². The Kier molecular flexibility index (Phi) is 6.57. The molecule has 0 saturated carbocycles. The zero-order valence-electron chi connectivity index (χ0n) is 14.0. The molecule has 6 nitrogen and oxygen atoms in total. The lowest BCUT2D eigenvalue weighted by molar-refractivity contribution is -0.138. The molecule has 1 heterocycles. The van der Waals surface area contributed by atoms with Crippen LogP contribution in [0.1, 0.15) is 5.56 Å². The summed E-state index contributed by atoms with van der Waals surface area (Å²) >= 11 is 5.44. The molecule has 29 heavy (non-hydrogen) atoms. The van der Waals surface area contributed by atoms with Crippen molar-refractivity contribution < 1.29 is 35.9 Å². The Labute approximate surface area is 163 Å². The highest BCUT2D eigenvalue weighted by atomic mass is 35.5. The molecule has 1 aromatic carbocycles. The van der Waals surface area contributed by atoms with E-state index in [9.17, 15) is 40.7 Å². The van der Waals surface area contributed by atoms with E-state index in [-0.39, 0.29) is 0 Å². The molecule has 2 rings (SSSR count). The Morgan fingerprint density at radius 2 is 1.72 bits per heavy atom. The molecular weight excluding hydrogens is 432 g/mol. The lowest BCUT2D eigenvalue weighted by Crippen LogP contribution is -2.37. The molecule has 0 saturated heterocycles. The summed E-state index contributed by atoms with van der Waals surface area (Å²) in [5, 5.41) is 3.08. The van der Waals surface area contributed by atoms with Crippen molar-refractivity contribution in [3.63, 3.8) is 0 Å². The predicted octanol–water partition coefficient (Wildman–Crippen LogP) is 2.69. The number of rotatable bonds is 5. The largest absolute Gasteiger partial charge is 0.417 e. The van der Waals surface area contributed by atoms with Crippen LogP contribution in [0.3, 0.4) is 0 Å². The number of alkyl halides is 3. The van der Waals surface area contributed by atoms with Gasteiger partial charge in [0.15, 0.2) is 17.5 Å². The molecule has 1 aromatic heterocycles. The number of pyridine rings is 1. The number of carbonyl (C=O) groups is 2. The highest BCUT2D eigenvalue weighted by Crippen LogP contribution is 2.29. The van der Waals surface area contributed by atoms with Gasteiger partial charge in [-0.15, -0.1) is 0 Å². The van der Waals surface area contributed by atoms with Gasteiger partial charge in [0.25, 0.3) is 5.56 Å². The van der Waals surface area contributed by atoms with Gasteiger partial charge in [0.1, 0.15) is 11.6 Å². The molecule has 13 heteroatoms. The van der Waals surface area contributed by atoms with Crippen molar-refractivity contribution in [3.05, 3.63) is 62.8 Å². The minimum atomic E-state index is -4.82.